The molecule has 2 N–H and O–H groups in total. The van der Waals surface area contributed by atoms with Crippen molar-refractivity contribution >= 4 is 46.2 Å². The molecule has 3 aromatic rings. The van der Waals surface area contributed by atoms with Gasteiger partial charge in [-0.3, -0.25) is 19.5 Å². The number of halogens is 1. The number of anilines is 2. The number of hydrogen-bond donors (Lipinski definition) is 2. The van der Waals surface area contributed by atoms with E-state index in [1.807, 2.05) is 12.1 Å². The van der Waals surface area contributed by atoms with E-state index in [1.165, 1.54) is 28.9 Å². The number of rotatable bonds is 5. The van der Waals surface area contributed by atoms with Crippen LogP contribution in [0.25, 0.3) is 11.0 Å². The Morgan fingerprint density at radius 2 is 2.06 bits per heavy atom. The number of pyridine rings is 2. The topological polar surface area (TPSA) is 106 Å². The first-order valence-electron chi connectivity index (χ1n) is 10.9. The van der Waals surface area contributed by atoms with E-state index in [0.29, 0.717) is 59.9 Å². The average Bonchev–Trinajstić information content (AvgIpc) is 3.39. The fourth-order valence-corrected chi connectivity index (χ4v) is 5.60. The van der Waals surface area contributed by atoms with Gasteiger partial charge in [0.15, 0.2) is 0 Å². The molecular weight excluding hydrogens is 461 g/mol. The van der Waals surface area contributed by atoms with E-state index in [-0.39, 0.29) is 23.5 Å². The molecule has 2 amide bonds. The van der Waals surface area contributed by atoms with E-state index >= 15 is 0 Å². The van der Waals surface area contributed by atoms with Gasteiger partial charge in [0.2, 0.25) is 5.91 Å². The summed E-state index contributed by atoms with van der Waals surface area (Å²) in [5.74, 6) is -0.343. The zero-order valence-electron chi connectivity index (χ0n) is 17.9. The molecule has 1 aromatic carbocycles. The van der Waals surface area contributed by atoms with Gasteiger partial charge in [0.25, 0.3) is 5.56 Å². The summed E-state index contributed by atoms with van der Waals surface area (Å²) in [5.41, 5.74) is 2.81. The van der Waals surface area contributed by atoms with Gasteiger partial charge >= 0.3 is 6.09 Å². The van der Waals surface area contributed by atoms with Gasteiger partial charge in [-0.2, -0.15) is 0 Å². The minimum atomic E-state index is -0.455. The average molecular weight is 482 g/mol. The van der Waals surface area contributed by atoms with Crippen molar-refractivity contribution < 1.29 is 18.7 Å². The second kappa shape index (κ2) is 8.10. The summed E-state index contributed by atoms with van der Waals surface area (Å²) in [4.78, 5) is 43.0. The molecule has 3 aliphatic heterocycles. The summed E-state index contributed by atoms with van der Waals surface area (Å²) in [5, 5.41) is 6.10. The standard InChI is InChI=1S/C23H20FN5O4S/c24-15-8-26-16-2-4-20(31)29-9-12(21(15)22(16)29)6-25-7-14-10-28(23(32)33-14)13-1-3-18-17(5-13)27-19(30)11-34-18/h1-5,8,12,14,25H,6-7,9-11H2,(H,27,30)/t12-,14-/m0/s1. The van der Waals surface area contributed by atoms with E-state index < -0.39 is 11.9 Å². The highest BCUT2D eigenvalue weighted by Gasteiger charge is 2.34. The van der Waals surface area contributed by atoms with Crippen LogP contribution in [-0.2, 0) is 16.1 Å². The molecule has 2 atom stereocenters. The second-order valence-electron chi connectivity index (χ2n) is 8.52. The number of nitrogens with zero attached hydrogens (tertiary/aromatic N) is 3. The van der Waals surface area contributed by atoms with E-state index in [4.69, 9.17) is 4.74 Å². The third-order valence-electron chi connectivity index (χ3n) is 6.35. The molecule has 0 spiro atoms. The van der Waals surface area contributed by atoms with Crippen LogP contribution in [0.4, 0.5) is 20.6 Å². The fraction of sp³-hybridized carbons (Fsp3) is 0.304. The lowest BCUT2D eigenvalue weighted by atomic mass is 10.0. The van der Waals surface area contributed by atoms with Crippen LogP contribution >= 0.6 is 11.8 Å². The summed E-state index contributed by atoms with van der Waals surface area (Å²) in [6, 6.07) is 8.57. The Balaban J connectivity index is 1.12. The Labute approximate surface area is 197 Å². The molecule has 5 heterocycles. The van der Waals surface area contributed by atoms with Gasteiger partial charge in [0.1, 0.15) is 11.9 Å². The molecule has 0 aliphatic carbocycles. The monoisotopic (exact) mass is 481 g/mol. The molecule has 0 radical (unpaired) electrons. The van der Waals surface area contributed by atoms with Crippen molar-refractivity contribution in [2.75, 3.05) is 35.6 Å². The lowest BCUT2D eigenvalue weighted by molar-refractivity contribution is -0.113. The molecule has 11 heteroatoms. The minimum Gasteiger partial charge on any atom is -0.443 e. The second-order valence-corrected chi connectivity index (χ2v) is 9.54. The van der Waals surface area contributed by atoms with Gasteiger partial charge < -0.3 is 19.9 Å². The zero-order chi connectivity index (χ0) is 23.4. The Morgan fingerprint density at radius 3 is 2.94 bits per heavy atom. The van der Waals surface area contributed by atoms with Crippen molar-refractivity contribution in [1.29, 1.82) is 0 Å². The summed E-state index contributed by atoms with van der Waals surface area (Å²) >= 11 is 1.46. The van der Waals surface area contributed by atoms with Crippen molar-refractivity contribution in [1.82, 2.24) is 14.9 Å². The summed E-state index contributed by atoms with van der Waals surface area (Å²) in [6.45, 7) is 1.53. The van der Waals surface area contributed by atoms with Gasteiger partial charge in [-0.05, 0) is 24.3 Å². The molecule has 174 valence electrons. The number of thioether (sulfide) groups is 1. The smallest absolute Gasteiger partial charge is 0.414 e. The molecule has 6 rings (SSSR count). The molecule has 0 saturated carbocycles. The van der Waals surface area contributed by atoms with Crippen molar-refractivity contribution in [2.45, 2.75) is 23.5 Å². The molecule has 2 aromatic heterocycles. The Hall–Kier alpha value is -3.44. The van der Waals surface area contributed by atoms with Gasteiger partial charge in [0.05, 0.1) is 35.2 Å². The molecule has 3 aliphatic rings. The largest absolute Gasteiger partial charge is 0.443 e. The van der Waals surface area contributed by atoms with Crippen LogP contribution in [0.2, 0.25) is 0 Å². The van der Waals surface area contributed by atoms with Crippen LogP contribution < -0.4 is 21.1 Å². The minimum absolute atomic E-state index is 0.0695. The zero-order valence-corrected chi connectivity index (χ0v) is 18.7. The molecule has 0 unspecified atom stereocenters. The Bertz CT molecular complexity index is 1410. The van der Waals surface area contributed by atoms with Crippen LogP contribution in [0.15, 0.2) is 46.2 Å². The van der Waals surface area contributed by atoms with Gasteiger partial charge in [-0.15, -0.1) is 11.8 Å². The van der Waals surface area contributed by atoms with Crippen molar-refractivity contribution in [3.05, 3.63) is 58.3 Å². The number of nitrogens with one attached hydrogen (secondary N) is 2. The van der Waals surface area contributed by atoms with Crippen LogP contribution in [0.3, 0.4) is 0 Å². The fourth-order valence-electron chi connectivity index (χ4n) is 4.81. The van der Waals surface area contributed by atoms with E-state index in [2.05, 4.69) is 15.6 Å². The summed E-state index contributed by atoms with van der Waals surface area (Å²) in [6.07, 6.45) is 0.352. The predicted molar refractivity (Wildman–Crippen MR) is 125 cm³/mol. The number of carbonyl (C=O) groups is 2. The van der Waals surface area contributed by atoms with Crippen LogP contribution in [0.5, 0.6) is 0 Å². The summed E-state index contributed by atoms with van der Waals surface area (Å²) in [7, 11) is 0. The van der Waals surface area contributed by atoms with Crippen LogP contribution in [0.1, 0.15) is 11.5 Å². The molecule has 0 bridgehead atoms. The highest BCUT2D eigenvalue weighted by atomic mass is 32.2. The predicted octanol–water partition coefficient (Wildman–Crippen LogP) is 2.29. The maximum atomic E-state index is 14.6. The van der Waals surface area contributed by atoms with Gasteiger partial charge in [0, 0.05) is 47.8 Å². The number of cyclic esters (lactones) is 1. The normalized spacial score (nSPS) is 21.0. The number of ether oxygens (including phenoxy) is 1. The lowest BCUT2D eigenvalue weighted by Crippen LogP contribution is -2.33. The van der Waals surface area contributed by atoms with Gasteiger partial charge in [-0.1, -0.05) is 0 Å². The van der Waals surface area contributed by atoms with E-state index in [9.17, 15) is 18.8 Å². The first-order chi connectivity index (χ1) is 16.5. The van der Waals surface area contributed by atoms with Crippen molar-refractivity contribution in [3.63, 3.8) is 0 Å². The molecule has 9 nitrogen and oxygen atoms in total. The number of carbonyl (C=O) groups excluding carboxylic acids is 2. The Kier molecular flexibility index (Phi) is 5.03. The summed E-state index contributed by atoms with van der Waals surface area (Å²) < 4.78 is 21.7. The van der Waals surface area contributed by atoms with E-state index in [1.54, 1.807) is 16.7 Å². The first kappa shape index (κ1) is 21.1. The maximum Gasteiger partial charge on any atom is 0.414 e. The molecule has 1 fully saturated rings. The highest BCUT2D eigenvalue weighted by Crippen LogP contribution is 2.36. The molecule has 1 saturated heterocycles. The third kappa shape index (κ3) is 3.51. The molecular formula is C23H20FN5O4S. The molecule has 34 heavy (non-hydrogen) atoms. The lowest BCUT2D eigenvalue weighted by Gasteiger charge is -2.20. The van der Waals surface area contributed by atoms with Crippen molar-refractivity contribution in [2.24, 2.45) is 0 Å². The van der Waals surface area contributed by atoms with Gasteiger partial charge in [-0.25, -0.2) is 9.18 Å². The Morgan fingerprint density at radius 1 is 1.18 bits per heavy atom. The third-order valence-corrected chi connectivity index (χ3v) is 7.42. The SMILES string of the molecule is O=C1CSc2ccc(N3C[C@H](CNC[C@H]4Cn5c(=O)ccc6ncc(F)c4c65)OC3=O)cc2N1. The number of fused-ring (bicyclic) bond motifs is 1. The first-order valence-corrected chi connectivity index (χ1v) is 11.9. The number of benzene rings is 1. The number of hydrogen-bond acceptors (Lipinski definition) is 7. The quantitative estimate of drug-likeness (QED) is 0.576. The highest BCUT2D eigenvalue weighted by molar-refractivity contribution is 8.00. The van der Waals surface area contributed by atoms with Crippen LogP contribution in [0, 0.1) is 5.82 Å². The number of amides is 2. The van der Waals surface area contributed by atoms with Crippen LogP contribution in [-0.4, -0.2) is 53.0 Å². The van der Waals surface area contributed by atoms with Crippen molar-refractivity contribution in [3.8, 4) is 0 Å². The maximum absolute atomic E-state index is 14.6. The van der Waals surface area contributed by atoms with E-state index in [0.717, 1.165) is 4.90 Å². The number of aromatic nitrogens is 2.